The Morgan fingerprint density at radius 1 is 1.58 bits per heavy atom. The van der Waals surface area contributed by atoms with Gasteiger partial charge in [-0.25, -0.2) is 0 Å². The summed E-state index contributed by atoms with van der Waals surface area (Å²) < 4.78 is 11.2. The van der Waals surface area contributed by atoms with Gasteiger partial charge >= 0.3 is 0 Å². The number of carbonyl (C=O) groups excluding carboxylic acids is 1. The molecule has 1 aromatic heterocycles. The Hall–Kier alpha value is -1.46. The molecule has 0 N–H and O–H groups in total. The molecule has 0 bridgehead atoms. The fourth-order valence-corrected chi connectivity index (χ4v) is 3.01. The van der Waals surface area contributed by atoms with E-state index >= 15 is 0 Å². The van der Waals surface area contributed by atoms with Crippen LogP contribution in [0.2, 0.25) is 0 Å². The van der Waals surface area contributed by atoms with E-state index in [-0.39, 0.29) is 24.2 Å². The molecule has 0 spiro atoms. The van der Waals surface area contributed by atoms with Crippen LogP contribution in [0.3, 0.4) is 0 Å². The van der Waals surface area contributed by atoms with Gasteiger partial charge < -0.3 is 14.4 Å². The first kappa shape index (κ1) is 12.6. The zero-order valence-electron chi connectivity index (χ0n) is 11.0. The van der Waals surface area contributed by atoms with Crippen molar-refractivity contribution in [3.8, 4) is 0 Å². The molecule has 19 heavy (non-hydrogen) atoms. The van der Waals surface area contributed by atoms with Crippen LogP contribution in [0.25, 0.3) is 0 Å². The Bertz CT molecular complexity index is 451. The zero-order chi connectivity index (χ0) is 13.2. The zero-order valence-corrected chi connectivity index (χ0v) is 11.0. The number of rotatable bonds is 2. The van der Waals surface area contributed by atoms with Gasteiger partial charge in [-0.1, -0.05) is 0 Å². The van der Waals surface area contributed by atoms with E-state index in [0.29, 0.717) is 12.1 Å². The van der Waals surface area contributed by atoms with Crippen molar-refractivity contribution in [1.82, 2.24) is 9.88 Å². The highest BCUT2D eigenvalue weighted by Crippen LogP contribution is 2.31. The highest BCUT2D eigenvalue weighted by molar-refractivity contribution is 5.94. The van der Waals surface area contributed by atoms with E-state index in [1.54, 1.807) is 31.6 Å². The summed E-state index contributed by atoms with van der Waals surface area (Å²) in [6, 6.07) is 3.71. The molecule has 5 heteroatoms. The van der Waals surface area contributed by atoms with Crippen LogP contribution in [-0.2, 0) is 9.47 Å². The Balaban J connectivity index is 1.82. The molecule has 3 rings (SSSR count). The molecule has 2 aliphatic rings. The van der Waals surface area contributed by atoms with E-state index in [9.17, 15) is 4.79 Å². The fraction of sp³-hybridized carbons (Fsp3) is 0.571. The van der Waals surface area contributed by atoms with Crippen LogP contribution in [0.4, 0.5) is 0 Å². The Morgan fingerprint density at radius 3 is 3.21 bits per heavy atom. The second kappa shape index (κ2) is 5.27. The lowest BCUT2D eigenvalue weighted by atomic mass is 10.0. The SMILES string of the molecule is CO[C@@H]1CN(C(=O)c2cccnc2)[C@H]2CCCO[C@@H]12. The van der Waals surface area contributed by atoms with Crippen molar-refractivity contribution in [3.63, 3.8) is 0 Å². The summed E-state index contributed by atoms with van der Waals surface area (Å²) in [6.45, 7) is 1.36. The molecule has 3 atom stereocenters. The summed E-state index contributed by atoms with van der Waals surface area (Å²) >= 11 is 0. The van der Waals surface area contributed by atoms with Gasteiger partial charge in [-0.15, -0.1) is 0 Å². The van der Waals surface area contributed by atoms with Crippen LogP contribution >= 0.6 is 0 Å². The first-order valence-electron chi connectivity index (χ1n) is 6.66. The number of likely N-dealkylation sites (tertiary alicyclic amines) is 1. The topological polar surface area (TPSA) is 51.7 Å². The summed E-state index contributed by atoms with van der Waals surface area (Å²) in [4.78, 5) is 18.4. The minimum absolute atomic E-state index is 0.0133. The molecule has 2 aliphatic heterocycles. The molecule has 2 saturated heterocycles. The van der Waals surface area contributed by atoms with Gasteiger partial charge in [0.2, 0.25) is 0 Å². The van der Waals surface area contributed by atoms with E-state index in [1.807, 2.05) is 4.90 Å². The third-order valence-electron chi connectivity index (χ3n) is 3.95. The molecule has 3 heterocycles. The van der Waals surface area contributed by atoms with Crippen molar-refractivity contribution >= 4 is 5.91 Å². The number of hydrogen-bond donors (Lipinski definition) is 0. The second-order valence-corrected chi connectivity index (χ2v) is 5.02. The maximum Gasteiger partial charge on any atom is 0.255 e. The van der Waals surface area contributed by atoms with Gasteiger partial charge in [-0.05, 0) is 25.0 Å². The van der Waals surface area contributed by atoms with Gasteiger partial charge in [0, 0.05) is 26.1 Å². The predicted molar refractivity (Wildman–Crippen MR) is 68.8 cm³/mol. The van der Waals surface area contributed by atoms with E-state index in [1.165, 1.54) is 0 Å². The van der Waals surface area contributed by atoms with E-state index in [4.69, 9.17) is 9.47 Å². The summed E-state index contributed by atoms with van der Waals surface area (Å²) in [7, 11) is 1.68. The van der Waals surface area contributed by atoms with Crippen LogP contribution in [0.15, 0.2) is 24.5 Å². The number of aromatic nitrogens is 1. The van der Waals surface area contributed by atoms with Gasteiger partial charge in [-0.3, -0.25) is 9.78 Å². The standard InChI is InChI=1S/C14H18N2O3/c1-18-12-9-16(11-5-3-7-19-13(11)12)14(17)10-4-2-6-15-8-10/h2,4,6,8,11-13H,3,5,7,9H2,1H3/t11-,12+,13+/m0/s1. The van der Waals surface area contributed by atoms with E-state index in [0.717, 1.165) is 19.4 Å². The number of amides is 1. The molecule has 1 amide bonds. The lowest BCUT2D eigenvalue weighted by Crippen LogP contribution is -2.43. The molecule has 0 radical (unpaired) electrons. The van der Waals surface area contributed by atoms with Crippen LogP contribution in [0.5, 0.6) is 0 Å². The number of methoxy groups -OCH3 is 1. The fourth-order valence-electron chi connectivity index (χ4n) is 3.01. The minimum Gasteiger partial charge on any atom is -0.377 e. The van der Waals surface area contributed by atoms with Gasteiger partial charge in [0.1, 0.15) is 12.2 Å². The summed E-state index contributed by atoms with van der Waals surface area (Å²) in [6.07, 6.45) is 5.25. The largest absolute Gasteiger partial charge is 0.377 e. The number of fused-ring (bicyclic) bond motifs is 1. The maximum absolute atomic E-state index is 12.5. The Morgan fingerprint density at radius 2 is 2.47 bits per heavy atom. The molecular weight excluding hydrogens is 244 g/mol. The van der Waals surface area contributed by atoms with Crippen LogP contribution in [0, 0.1) is 0 Å². The van der Waals surface area contributed by atoms with E-state index < -0.39 is 0 Å². The van der Waals surface area contributed by atoms with Gasteiger partial charge in [0.15, 0.2) is 0 Å². The average molecular weight is 262 g/mol. The first-order valence-corrected chi connectivity index (χ1v) is 6.66. The third kappa shape index (κ3) is 2.24. The second-order valence-electron chi connectivity index (χ2n) is 5.02. The average Bonchev–Trinajstić information content (AvgIpc) is 2.86. The normalized spacial score (nSPS) is 30.2. The number of carbonyl (C=O) groups is 1. The Labute approximate surface area is 112 Å². The smallest absolute Gasteiger partial charge is 0.255 e. The first-order chi connectivity index (χ1) is 9.31. The molecule has 0 aromatic carbocycles. The molecular formula is C14H18N2O3. The van der Waals surface area contributed by atoms with Crippen molar-refractivity contribution in [2.75, 3.05) is 20.3 Å². The molecule has 1 aromatic rings. The molecule has 5 nitrogen and oxygen atoms in total. The van der Waals surface area contributed by atoms with Gasteiger partial charge in [0.25, 0.3) is 5.91 Å². The number of nitrogens with zero attached hydrogens (tertiary/aromatic N) is 2. The van der Waals surface area contributed by atoms with Crippen LogP contribution in [-0.4, -0.2) is 54.3 Å². The number of pyridine rings is 1. The van der Waals surface area contributed by atoms with Crippen molar-refractivity contribution in [3.05, 3.63) is 30.1 Å². The lowest BCUT2D eigenvalue weighted by molar-refractivity contribution is -0.0639. The maximum atomic E-state index is 12.5. The molecule has 2 fully saturated rings. The van der Waals surface area contributed by atoms with Crippen LogP contribution < -0.4 is 0 Å². The Kier molecular flexibility index (Phi) is 3.48. The quantitative estimate of drug-likeness (QED) is 0.801. The minimum atomic E-state index is -0.0223. The molecule has 0 aliphatic carbocycles. The summed E-state index contributed by atoms with van der Waals surface area (Å²) in [5.41, 5.74) is 0.628. The van der Waals surface area contributed by atoms with Crippen molar-refractivity contribution < 1.29 is 14.3 Å². The predicted octanol–water partition coefficient (Wildman–Crippen LogP) is 1.10. The van der Waals surface area contributed by atoms with Gasteiger partial charge in [-0.2, -0.15) is 0 Å². The van der Waals surface area contributed by atoms with Crippen molar-refractivity contribution in [2.45, 2.75) is 31.1 Å². The molecule has 0 saturated carbocycles. The van der Waals surface area contributed by atoms with Crippen LogP contribution in [0.1, 0.15) is 23.2 Å². The van der Waals surface area contributed by atoms with E-state index in [2.05, 4.69) is 4.98 Å². The monoisotopic (exact) mass is 262 g/mol. The number of ether oxygens (including phenoxy) is 2. The van der Waals surface area contributed by atoms with Crippen molar-refractivity contribution in [2.24, 2.45) is 0 Å². The molecule has 102 valence electrons. The lowest BCUT2D eigenvalue weighted by Gasteiger charge is -2.31. The summed E-state index contributed by atoms with van der Waals surface area (Å²) in [5.74, 6) is 0.0214. The molecule has 0 unspecified atom stereocenters. The highest BCUT2D eigenvalue weighted by atomic mass is 16.5. The third-order valence-corrected chi connectivity index (χ3v) is 3.95. The highest BCUT2D eigenvalue weighted by Gasteiger charge is 2.46. The number of hydrogen-bond acceptors (Lipinski definition) is 4. The van der Waals surface area contributed by atoms with Gasteiger partial charge in [0.05, 0.1) is 18.2 Å². The summed E-state index contributed by atoms with van der Waals surface area (Å²) in [5, 5.41) is 0. The van der Waals surface area contributed by atoms with Crippen molar-refractivity contribution in [1.29, 1.82) is 0 Å².